The molecule has 0 radical (unpaired) electrons. The van der Waals surface area contributed by atoms with Crippen LogP contribution in [0.5, 0.6) is 0 Å². The lowest BCUT2D eigenvalue weighted by Gasteiger charge is -2.21. The van der Waals surface area contributed by atoms with E-state index in [1.807, 2.05) is 32.0 Å². The highest BCUT2D eigenvalue weighted by Gasteiger charge is 2.20. The molecule has 0 aliphatic heterocycles. The average molecular weight is 418 g/mol. The van der Waals surface area contributed by atoms with Crippen molar-refractivity contribution in [2.75, 3.05) is 30.7 Å². The van der Waals surface area contributed by atoms with Crippen molar-refractivity contribution in [3.05, 3.63) is 58.6 Å². The fourth-order valence-corrected chi connectivity index (χ4v) is 2.83. The van der Waals surface area contributed by atoms with Crippen LogP contribution in [0.3, 0.4) is 0 Å². The van der Waals surface area contributed by atoms with Crippen molar-refractivity contribution in [3.8, 4) is 0 Å². The third-order valence-corrected chi connectivity index (χ3v) is 4.40. The fourth-order valence-electron chi connectivity index (χ4n) is 2.65. The molecule has 0 bridgehead atoms. The number of nitrogens with zero attached hydrogens (tertiary/aromatic N) is 1. The van der Waals surface area contributed by atoms with Crippen LogP contribution in [0.4, 0.5) is 11.4 Å². The Morgan fingerprint density at radius 3 is 2.55 bits per heavy atom. The second-order valence-corrected chi connectivity index (χ2v) is 6.92. The number of ether oxygens (including phenoxy) is 1. The zero-order valence-corrected chi connectivity index (χ0v) is 17.2. The van der Waals surface area contributed by atoms with Gasteiger partial charge in [0.2, 0.25) is 5.91 Å². The third-order valence-electron chi connectivity index (χ3n) is 4.16. The van der Waals surface area contributed by atoms with Gasteiger partial charge in [-0.2, -0.15) is 0 Å². The largest absolute Gasteiger partial charge is 0.452 e. The van der Waals surface area contributed by atoms with Gasteiger partial charge in [-0.15, -0.1) is 0 Å². The van der Waals surface area contributed by atoms with Crippen molar-refractivity contribution in [2.24, 2.45) is 0 Å². The van der Waals surface area contributed by atoms with Gasteiger partial charge in [-0.05, 0) is 43.2 Å². The Bertz CT molecular complexity index is 901. The first-order valence-corrected chi connectivity index (χ1v) is 9.55. The first-order valence-electron chi connectivity index (χ1n) is 9.17. The number of hydrogen-bond acceptors (Lipinski definition) is 5. The van der Waals surface area contributed by atoms with E-state index in [1.54, 1.807) is 6.07 Å². The lowest BCUT2D eigenvalue weighted by atomic mass is 10.2. The van der Waals surface area contributed by atoms with E-state index >= 15 is 0 Å². The van der Waals surface area contributed by atoms with E-state index in [9.17, 15) is 14.4 Å². The highest BCUT2D eigenvalue weighted by molar-refractivity contribution is 6.31. The van der Waals surface area contributed by atoms with Crippen LogP contribution in [0.1, 0.15) is 29.3 Å². The van der Waals surface area contributed by atoms with Crippen LogP contribution in [0.15, 0.2) is 42.5 Å². The van der Waals surface area contributed by atoms with Gasteiger partial charge in [0.1, 0.15) is 0 Å². The van der Waals surface area contributed by atoms with Gasteiger partial charge in [0.15, 0.2) is 6.61 Å². The van der Waals surface area contributed by atoms with Crippen LogP contribution in [-0.2, 0) is 14.3 Å². The maximum Gasteiger partial charge on any atom is 0.340 e. The maximum absolute atomic E-state index is 12.5. The monoisotopic (exact) mass is 417 g/mol. The molecular weight excluding hydrogens is 394 g/mol. The van der Waals surface area contributed by atoms with Gasteiger partial charge in [-0.25, -0.2) is 4.79 Å². The molecule has 7 nitrogen and oxygen atoms in total. The number of aryl methyl sites for hydroxylation is 1. The molecule has 0 aliphatic rings. The summed E-state index contributed by atoms with van der Waals surface area (Å²) in [5.41, 5.74) is 7.65. The molecule has 3 N–H and O–H groups in total. The molecule has 0 spiro atoms. The molecule has 154 valence electrons. The van der Waals surface area contributed by atoms with Crippen LogP contribution in [-0.4, -0.2) is 42.4 Å². The molecule has 2 amide bonds. The molecule has 0 fully saturated rings. The molecule has 29 heavy (non-hydrogen) atoms. The Morgan fingerprint density at radius 1 is 1.17 bits per heavy atom. The summed E-state index contributed by atoms with van der Waals surface area (Å²) in [7, 11) is 0. The topological polar surface area (TPSA) is 102 Å². The van der Waals surface area contributed by atoms with E-state index in [-0.39, 0.29) is 23.7 Å². The molecule has 0 aromatic heterocycles. The molecule has 0 aliphatic carbocycles. The highest BCUT2D eigenvalue weighted by Crippen LogP contribution is 2.19. The van der Waals surface area contributed by atoms with E-state index in [2.05, 4.69) is 5.32 Å². The Kier molecular flexibility index (Phi) is 8.03. The summed E-state index contributed by atoms with van der Waals surface area (Å²) in [6, 6.07) is 11.7. The second-order valence-electron chi connectivity index (χ2n) is 6.49. The number of carbonyl (C=O) groups excluding carboxylic acids is 3. The number of nitrogens with one attached hydrogen (secondary N) is 1. The Balaban J connectivity index is 1.95. The summed E-state index contributed by atoms with van der Waals surface area (Å²) in [6.07, 6.45) is 0.654. The molecular formula is C21H24ClN3O4. The number of hydrogen-bond donors (Lipinski definition) is 2. The number of carbonyl (C=O) groups is 3. The lowest BCUT2D eigenvalue weighted by molar-refractivity contribution is -0.137. The fraction of sp³-hybridized carbons (Fsp3) is 0.286. The SMILES string of the molecule is CCCN(CC(=O)Nc1ccccc1C)C(=O)COC(=O)c1ccc(Cl)cc1N. The molecule has 2 aromatic carbocycles. The smallest absolute Gasteiger partial charge is 0.340 e. The van der Waals surface area contributed by atoms with Crippen molar-refractivity contribution in [3.63, 3.8) is 0 Å². The molecule has 0 heterocycles. The number of amides is 2. The van der Waals surface area contributed by atoms with Crippen LogP contribution in [0, 0.1) is 6.92 Å². The molecule has 0 unspecified atom stereocenters. The molecule has 2 aromatic rings. The summed E-state index contributed by atoms with van der Waals surface area (Å²) in [6.45, 7) is 3.51. The van der Waals surface area contributed by atoms with Crippen molar-refractivity contribution < 1.29 is 19.1 Å². The number of nitrogens with two attached hydrogens (primary N) is 1. The van der Waals surface area contributed by atoms with Crippen molar-refractivity contribution in [1.82, 2.24) is 4.90 Å². The quantitative estimate of drug-likeness (QED) is 0.507. The van der Waals surface area contributed by atoms with Crippen LogP contribution in [0.25, 0.3) is 0 Å². The highest BCUT2D eigenvalue weighted by atomic mass is 35.5. The standard InChI is InChI=1S/C21H24ClN3O4/c1-3-10-25(12-19(26)24-18-7-5-4-6-14(18)2)20(27)13-29-21(28)16-9-8-15(22)11-17(16)23/h4-9,11H,3,10,12-13,23H2,1-2H3,(H,24,26). The molecule has 0 atom stereocenters. The van der Waals surface area contributed by atoms with Gasteiger partial charge in [-0.3, -0.25) is 9.59 Å². The summed E-state index contributed by atoms with van der Waals surface area (Å²) >= 11 is 5.81. The second kappa shape index (κ2) is 10.5. The molecule has 0 saturated heterocycles. The summed E-state index contributed by atoms with van der Waals surface area (Å²) < 4.78 is 5.07. The number of esters is 1. The van der Waals surface area contributed by atoms with Crippen LogP contribution in [0.2, 0.25) is 5.02 Å². The maximum atomic E-state index is 12.5. The zero-order valence-electron chi connectivity index (χ0n) is 16.4. The van der Waals surface area contributed by atoms with E-state index in [0.717, 1.165) is 5.56 Å². The van der Waals surface area contributed by atoms with Crippen molar-refractivity contribution in [2.45, 2.75) is 20.3 Å². The number of halogens is 1. The molecule has 8 heteroatoms. The minimum absolute atomic E-state index is 0.126. The number of para-hydroxylation sites is 1. The first kappa shape index (κ1) is 22.2. The summed E-state index contributed by atoms with van der Waals surface area (Å²) in [5, 5.41) is 3.18. The zero-order chi connectivity index (χ0) is 21.4. The molecule has 2 rings (SSSR count). The van der Waals surface area contributed by atoms with E-state index in [1.165, 1.54) is 23.1 Å². The minimum Gasteiger partial charge on any atom is -0.452 e. The van der Waals surface area contributed by atoms with Gasteiger partial charge in [-0.1, -0.05) is 36.7 Å². The van der Waals surface area contributed by atoms with Gasteiger partial charge in [0.05, 0.1) is 12.1 Å². The average Bonchev–Trinajstić information content (AvgIpc) is 2.67. The Hall–Kier alpha value is -3.06. The predicted molar refractivity (Wildman–Crippen MR) is 113 cm³/mol. The minimum atomic E-state index is -0.728. The van der Waals surface area contributed by atoms with E-state index in [0.29, 0.717) is 23.7 Å². The molecule has 0 saturated carbocycles. The number of rotatable bonds is 8. The lowest BCUT2D eigenvalue weighted by Crippen LogP contribution is -2.40. The van der Waals surface area contributed by atoms with Gasteiger partial charge >= 0.3 is 5.97 Å². The summed E-state index contributed by atoms with van der Waals surface area (Å²) in [5.74, 6) is -1.52. The predicted octanol–water partition coefficient (Wildman–Crippen LogP) is 3.26. The number of nitrogen functional groups attached to an aromatic ring is 1. The normalized spacial score (nSPS) is 10.3. The number of benzene rings is 2. The van der Waals surface area contributed by atoms with Gasteiger partial charge in [0.25, 0.3) is 5.91 Å². The van der Waals surface area contributed by atoms with Crippen LogP contribution < -0.4 is 11.1 Å². The van der Waals surface area contributed by atoms with E-state index in [4.69, 9.17) is 22.1 Å². The van der Waals surface area contributed by atoms with Crippen molar-refractivity contribution in [1.29, 1.82) is 0 Å². The number of anilines is 2. The van der Waals surface area contributed by atoms with Crippen molar-refractivity contribution >= 4 is 40.8 Å². The Labute approximate surface area is 174 Å². The third kappa shape index (κ3) is 6.50. The van der Waals surface area contributed by atoms with Gasteiger partial charge < -0.3 is 20.7 Å². The van der Waals surface area contributed by atoms with Crippen LogP contribution >= 0.6 is 11.6 Å². The van der Waals surface area contributed by atoms with E-state index < -0.39 is 18.5 Å². The Morgan fingerprint density at radius 2 is 1.90 bits per heavy atom. The summed E-state index contributed by atoms with van der Waals surface area (Å²) in [4.78, 5) is 38.3. The van der Waals surface area contributed by atoms with Gasteiger partial charge in [0, 0.05) is 22.9 Å². The first-order chi connectivity index (χ1) is 13.8.